The van der Waals surface area contributed by atoms with Crippen molar-refractivity contribution in [3.05, 3.63) is 53.1 Å². The third-order valence-electron chi connectivity index (χ3n) is 5.91. The van der Waals surface area contributed by atoms with Crippen molar-refractivity contribution in [2.24, 2.45) is 10.8 Å². The summed E-state index contributed by atoms with van der Waals surface area (Å²) in [5.74, 6) is 1.54. The van der Waals surface area contributed by atoms with Gasteiger partial charge in [0.15, 0.2) is 5.82 Å². The van der Waals surface area contributed by atoms with Gasteiger partial charge in [-0.05, 0) is 24.3 Å². The fraction of sp³-hybridized carbons (Fsp3) is 0.364. The number of nitrogens with one attached hydrogen (secondary N) is 2. The lowest BCUT2D eigenvalue weighted by Crippen LogP contribution is -2.72. The Hall–Kier alpha value is -2.71. The van der Waals surface area contributed by atoms with Crippen LogP contribution < -0.4 is 10.1 Å². The standard InChI is InChI=1S/C22H23ClN4O/c1-21(2)19(25-18-15-7-5-6-8-17(15)26-27-18)22(3,4)20(21)28-14-10-9-13(12-24)16(23)11-14/h5-11,19-20H,1-4H3,(H2,25,26,27). The minimum atomic E-state index is -0.135. The fourth-order valence-corrected chi connectivity index (χ4v) is 5.02. The number of nitrogens with zero attached hydrogens (tertiary/aromatic N) is 2. The van der Waals surface area contributed by atoms with Crippen molar-refractivity contribution in [2.75, 3.05) is 5.32 Å². The predicted molar refractivity (Wildman–Crippen MR) is 112 cm³/mol. The molecule has 0 aliphatic heterocycles. The van der Waals surface area contributed by atoms with Crippen molar-refractivity contribution in [3.63, 3.8) is 0 Å². The first kappa shape index (κ1) is 18.6. The molecule has 0 unspecified atom stereocenters. The Bertz CT molecular complexity index is 1060. The first-order chi connectivity index (χ1) is 13.2. The zero-order valence-electron chi connectivity index (χ0n) is 16.4. The van der Waals surface area contributed by atoms with Crippen molar-refractivity contribution >= 4 is 28.3 Å². The molecule has 28 heavy (non-hydrogen) atoms. The van der Waals surface area contributed by atoms with Gasteiger partial charge >= 0.3 is 0 Å². The van der Waals surface area contributed by atoms with Gasteiger partial charge in [-0.15, -0.1) is 0 Å². The molecule has 1 aliphatic carbocycles. The number of ether oxygens (including phenoxy) is 1. The highest BCUT2D eigenvalue weighted by Crippen LogP contribution is 2.56. The zero-order valence-corrected chi connectivity index (χ0v) is 17.1. The van der Waals surface area contributed by atoms with Gasteiger partial charge in [0.25, 0.3) is 0 Å². The van der Waals surface area contributed by atoms with Gasteiger partial charge in [-0.25, -0.2) is 0 Å². The molecule has 144 valence electrons. The van der Waals surface area contributed by atoms with E-state index in [2.05, 4.69) is 55.3 Å². The number of aromatic nitrogens is 2. The largest absolute Gasteiger partial charge is 0.489 e. The number of hydrogen-bond donors (Lipinski definition) is 2. The molecule has 0 saturated heterocycles. The summed E-state index contributed by atoms with van der Waals surface area (Å²) in [6.45, 7) is 8.78. The molecule has 0 amide bonds. The molecular weight excluding hydrogens is 372 g/mol. The second kappa shape index (κ2) is 6.42. The van der Waals surface area contributed by atoms with Crippen LogP contribution in [0.5, 0.6) is 5.75 Å². The van der Waals surface area contributed by atoms with Crippen LogP contribution in [0.3, 0.4) is 0 Å². The highest BCUT2D eigenvalue weighted by Gasteiger charge is 2.63. The van der Waals surface area contributed by atoms with E-state index >= 15 is 0 Å². The molecule has 1 aromatic heterocycles. The van der Waals surface area contributed by atoms with Crippen LogP contribution in [0, 0.1) is 22.2 Å². The van der Waals surface area contributed by atoms with E-state index in [1.54, 1.807) is 18.2 Å². The number of hydrogen-bond acceptors (Lipinski definition) is 4. The lowest BCUT2D eigenvalue weighted by atomic mass is 9.49. The Kier molecular flexibility index (Phi) is 4.28. The summed E-state index contributed by atoms with van der Waals surface area (Å²) in [5, 5.41) is 21.7. The number of halogens is 1. The third kappa shape index (κ3) is 2.80. The van der Waals surface area contributed by atoms with Gasteiger partial charge in [0.05, 0.1) is 16.1 Å². The van der Waals surface area contributed by atoms with E-state index in [1.807, 2.05) is 18.2 Å². The summed E-state index contributed by atoms with van der Waals surface area (Å²) in [6.07, 6.45) is -0.0216. The molecule has 4 rings (SSSR count). The maximum absolute atomic E-state index is 9.06. The maximum Gasteiger partial charge on any atom is 0.155 e. The summed E-state index contributed by atoms with van der Waals surface area (Å²) in [7, 11) is 0. The average molecular weight is 395 g/mol. The van der Waals surface area contributed by atoms with E-state index in [-0.39, 0.29) is 23.0 Å². The van der Waals surface area contributed by atoms with Gasteiger partial charge < -0.3 is 10.1 Å². The molecule has 0 atom stereocenters. The number of fused-ring (bicyclic) bond motifs is 1. The molecule has 1 fully saturated rings. The number of benzene rings is 2. The molecule has 2 aromatic carbocycles. The highest BCUT2D eigenvalue weighted by atomic mass is 35.5. The van der Waals surface area contributed by atoms with Crippen molar-refractivity contribution in [2.45, 2.75) is 39.8 Å². The number of anilines is 1. The van der Waals surface area contributed by atoms with Gasteiger partial charge in [-0.3, -0.25) is 5.10 Å². The molecule has 5 nitrogen and oxygen atoms in total. The molecule has 1 aliphatic rings. The second-order valence-electron chi connectivity index (χ2n) is 8.59. The van der Waals surface area contributed by atoms with Crippen LogP contribution in [0.25, 0.3) is 10.9 Å². The average Bonchev–Trinajstić information content (AvgIpc) is 3.07. The first-order valence-corrected chi connectivity index (χ1v) is 9.69. The monoisotopic (exact) mass is 394 g/mol. The third-order valence-corrected chi connectivity index (χ3v) is 6.22. The van der Waals surface area contributed by atoms with Crippen LogP contribution in [-0.2, 0) is 0 Å². The van der Waals surface area contributed by atoms with E-state index in [0.717, 1.165) is 16.7 Å². The van der Waals surface area contributed by atoms with E-state index < -0.39 is 0 Å². The molecule has 0 bridgehead atoms. The van der Waals surface area contributed by atoms with Crippen LogP contribution in [-0.4, -0.2) is 22.3 Å². The number of nitriles is 1. The molecule has 0 spiro atoms. The highest BCUT2D eigenvalue weighted by molar-refractivity contribution is 6.31. The fourth-order valence-electron chi connectivity index (χ4n) is 4.81. The van der Waals surface area contributed by atoms with Crippen molar-refractivity contribution in [1.29, 1.82) is 5.26 Å². The number of aromatic amines is 1. The lowest BCUT2D eigenvalue weighted by Gasteiger charge is -2.63. The Morgan fingerprint density at radius 3 is 2.54 bits per heavy atom. The molecule has 1 saturated carbocycles. The van der Waals surface area contributed by atoms with Crippen molar-refractivity contribution < 1.29 is 4.74 Å². The predicted octanol–water partition coefficient (Wildman–Crippen LogP) is 5.38. The van der Waals surface area contributed by atoms with Gasteiger partial charge in [0.2, 0.25) is 0 Å². The van der Waals surface area contributed by atoms with Gasteiger partial charge in [-0.1, -0.05) is 51.4 Å². The van der Waals surface area contributed by atoms with Gasteiger partial charge in [0.1, 0.15) is 17.9 Å². The minimum Gasteiger partial charge on any atom is -0.489 e. The number of H-pyrrole nitrogens is 1. The Labute approximate surface area is 169 Å². The second-order valence-corrected chi connectivity index (χ2v) is 9.00. The van der Waals surface area contributed by atoms with Crippen molar-refractivity contribution in [1.82, 2.24) is 10.2 Å². The quantitative estimate of drug-likeness (QED) is 0.622. The van der Waals surface area contributed by atoms with Crippen LogP contribution in [0.15, 0.2) is 42.5 Å². The molecule has 1 heterocycles. The Morgan fingerprint density at radius 2 is 1.86 bits per heavy atom. The molecule has 6 heteroatoms. The van der Waals surface area contributed by atoms with E-state index in [1.165, 1.54) is 0 Å². The Morgan fingerprint density at radius 1 is 1.14 bits per heavy atom. The molecule has 3 aromatic rings. The van der Waals surface area contributed by atoms with Gasteiger partial charge in [0, 0.05) is 28.3 Å². The van der Waals surface area contributed by atoms with E-state index in [4.69, 9.17) is 21.6 Å². The van der Waals surface area contributed by atoms with E-state index in [9.17, 15) is 0 Å². The molecule has 0 radical (unpaired) electrons. The van der Waals surface area contributed by atoms with E-state index in [0.29, 0.717) is 16.3 Å². The summed E-state index contributed by atoms with van der Waals surface area (Å²) in [4.78, 5) is 0. The molecule has 2 N–H and O–H groups in total. The number of para-hydroxylation sites is 1. The first-order valence-electron chi connectivity index (χ1n) is 9.31. The SMILES string of the molecule is CC1(C)C(Nc2n[nH]c3ccccc23)C(C)(C)C1Oc1ccc(C#N)c(Cl)c1. The van der Waals surface area contributed by atoms with Crippen LogP contribution in [0.4, 0.5) is 5.82 Å². The Balaban J connectivity index is 1.57. The van der Waals surface area contributed by atoms with Crippen molar-refractivity contribution in [3.8, 4) is 11.8 Å². The summed E-state index contributed by atoms with van der Waals surface area (Å²) < 4.78 is 6.34. The van der Waals surface area contributed by atoms with Gasteiger partial charge in [-0.2, -0.15) is 10.4 Å². The van der Waals surface area contributed by atoms with Crippen LogP contribution in [0.1, 0.15) is 33.3 Å². The topological polar surface area (TPSA) is 73.7 Å². The lowest BCUT2D eigenvalue weighted by molar-refractivity contribution is -0.147. The summed E-state index contributed by atoms with van der Waals surface area (Å²) >= 11 is 6.17. The molecular formula is C22H23ClN4O. The number of rotatable bonds is 4. The van der Waals surface area contributed by atoms with Crippen LogP contribution in [0.2, 0.25) is 5.02 Å². The zero-order chi connectivity index (χ0) is 20.1. The normalized spacial score (nSPS) is 22.3. The van der Waals surface area contributed by atoms with Crippen LogP contribution >= 0.6 is 11.6 Å². The maximum atomic E-state index is 9.06. The minimum absolute atomic E-state index is 0.0216. The summed E-state index contributed by atoms with van der Waals surface area (Å²) in [5.41, 5.74) is 1.19. The summed E-state index contributed by atoms with van der Waals surface area (Å²) in [6, 6.07) is 15.6. The smallest absolute Gasteiger partial charge is 0.155 e.